The summed E-state index contributed by atoms with van der Waals surface area (Å²) in [5.41, 5.74) is 0.495. The van der Waals surface area contributed by atoms with Gasteiger partial charge in [-0.1, -0.05) is 12.1 Å². The zero-order valence-electron chi connectivity index (χ0n) is 10.4. The Morgan fingerprint density at radius 1 is 1.22 bits per heavy atom. The minimum Gasteiger partial charge on any atom is -0.500 e. The van der Waals surface area contributed by atoms with Crippen LogP contribution in [0.15, 0.2) is 36.3 Å². The number of esters is 1. The zero-order chi connectivity index (χ0) is 13.5. The van der Waals surface area contributed by atoms with Crippen molar-refractivity contribution in [1.82, 2.24) is 0 Å². The summed E-state index contributed by atoms with van der Waals surface area (Å²) >= 11 is 0. The van der Waals surface area contributed by atoms with Gasteiger partial charge in [-0.25, -0.2) is 4.79 Å². The summed E-state index contributed by atoms with van der Waals surface area (Å²) in [5.74, 6) is -0.488. The second-order valence-electron chi connectivity index (χ2n) is 3.40. The molecule has 1 aromatic carbocycles. The standard InChI is InChI=1S/C13H14O5/c1-9(14)10-5-4-6-11(7-10)18-12(8-16-2)13(15)17-3/h4-8H,1-3H3. The molecule has 0 bridgehead atoms. The molecule has 0 heterocycles. The summed E-state index contributed by atoms with van der Waals surface area (Å²) in [6.07, 6.45) is 1.13. The lowest BCUT2D eigenvalue weighted by atomic mass is 10.1. The number of hydrogen-bond donors (Lipinski definition) is 0. The Morgan fingerprint density at radius 2 is 1.94 bits per heavy atom. The molecule has 0 amide bonds. The molecule has 0 radical (unpaired) electrons. The highest BCUT2D eigenvalue weighted by Gasteiger charge is 2.13. The number of rotatable bonds is 5. The van der Waals surface area contributed by atoms with E-state index >= 15 is 0 Å². The van der Waals surface area contributed by atoms with Crippen LogP contribution in [0.25, 0.3) is 0 Å². The lowest BCUT2D eigenvalue weighted by molar-refractivity contribution is -0.138. The van der Waals surface area contributed by atoms with E-state index in [0.29, 0.717) is 11.3 Å². The van der Waals surface area contributed by atoms with Crippen LogP contribution in [0.2, 0.25) is 0 Å². The Bertz CT molecular complexity index is 476. The molecule has 0 aliphatic heterocycles. The first kappa shape index (κ1) is 13.8. The number of benzene rings is 1. The quantitative estimate of drug-likeness (QED) is 0.346. The van der Waals surface area contributed by atoms with E-state index in [9.17, 15) is 9.59 Å². The number of ether oxygens (including phenoxy) is 3. The molecule has 18 heavy (non-hydrogen) atoms. The fourth-order valence-corrected chi connectivity index (χ4v) is 1.23. The van der Waals surface area contributed by atoms with Crippen LogP contribution in [0.4, 0.5) is 0 Å². The number of hydrogen-bond acceptors (Lipinski definition) is 5. The Morgan fingerprint density at radius 3 is 2.50 bits per heavy atom. The maximum Gasteiger partial charge on any atom is 0.377 e. The van der Waals surface area contributed by atoms with E-state index < -0.39 is 5.97 Å². The third-order valence-corrected chi connectivity index (χ3v) is 2.08. The van der Waals surface area contributed by atoms with Crippen molar-refractivity contribution in [2.45, 2.75) is 6.92 Å². The highest BCUT2D eigenvalue weighted by atomic mass is 16.6. The maximum absolute atomic E-state index is 11.4. The van der Waals surface area contributed by atoms with Crippen LogP contribution >= 0.6 is 0 Å². The Labute approximate surface area is 105 Å². The molecule has 0 aromatic heterocycles. The molecule has 1 rings (SSSR count). The Balaban J connectivity index is 2.94. The molecule has 0 aliphatic rings. The van der Waals surface area contributed by atoms with Gasteiger partial charge in [0.15, 0.2) is 5.78 Å². The zero-order valence-corrected chi connectivity index (χ0v) is 10.4. The molecule has 0 spiro atoms. The molecule has 0 atom stereocenters. The van der Waals surface area contributed by atoms with Gasteiger partial charge in [-0.05, 0) is 19.1 Å². The molecular weight excluding hydrogens is 236 g/mol. The highest BCUT2D eigenvalue weighted by molar-refractivity contribution is 5.94. The summed E-state index contributed by atoms with van der Waals surface area (Å²) in [7, 11) is 2.62. The normalized spacial score (nSPS) is 10.7. The third kappa shape index (κ3) is 3.62. The van der Waals surface area contributed by atoms with Gasteiger partial charge in [-0.15, -0.1) is 0 Å². The topological polar surface area (TPSA) is 61.8 Å². The molecule has 0 unspecified atom stereocenters. The van der Waals surface area contributed by atoms with Crippen LogP contribution in [0.3, 0.4) is 0 Å². The largest absolute Gasteiger partial charge is 0.500 e. The molecule has 1 aromatic rings. The number of methoxy groups -OCH3 is 2. The third-order valence-electron chi connectivity index (χ3n) is 2.08. The second kappa shape index (κ2) is 6.44. The summed E-state index contributed by atoms with van der Waals surface area (Å²) in [6.45, 7) is 1.45. The molecule has 5 heteroatoms. The van der Waals surface area contributed by atoms with Gasteiger partial charge in [-0.3, -0.25) is 4.79 Å². The van der Waals surface area contributed by atoms with Gasteiger partial charge in [0.05, 0.1) is 14.2 Å². The average molecular weight is 250 g/mol. The van der Waals surface area contributed by atoms with Crippen LogP contribution in [0, 0.1) is 0 Å². The molecule has 0 saturated carbocycles. The van der Waals surface area contributed by atoms with Crippen LogP contribution < -0.4 is 4.74 Å². The number of carbonyl (C=O) groups excluding carboxylic acids is 2. The van der Waals surface area contributed by atoms with Crippen molar-refractivity contribution >= 4 is 11.8 Å². The summed E-state index contributed by atoms with van der Waals surface area (Å²) in [5, 5.41) is 0. The van der Waals surface area contributed by atoms with Crippen molar-refractivity contribution in [3.05, 3.63) is 41.9 Å². The van der Waals surface area contributed by atoms with E-state index in [0.717, 1.165) is 6.26 Å². The van der Waals surface area contributed by atoms with E-state index in [2.05, 4.69) is 4.74 Å². The molecule has 0 N–H and O–H groups in total. The van der Waals surface area contributed by atoms with Crippen LogP contribution in [-0.4, -0.2) is 26.0 Å². The Hall–Kier alpha value is -2.30. The van der Waals surface area contributed by atoms with Crippen molar-refractivity contribution in [2.75, 3.05) is 14.2 Å². The second-order valence-corrected chi connectivity index (χ2v) is 3.40. The average Bonchev–Trinajstić information content (AvgIpc) is 2.37. The predicted molar refractivity (Wildman–Crippen MR) is 64.2 cm³/mol. The van der Waals surface area contributed by atoms with E-state index in [-0.39, 0.29) is 11.5 Å². The van der Waals surface area contributed by atoms with Crippen molar-refractivity contribution < 1.29 is 23.8 Å². The van der Waals surface area contributed by atoms with Gasteiger partial charge in [-0.2, -0.15) is 0 Å². The minimum atomic E-state index is -0.662. The predicted octanol–water partition coefficient (Wildman–Crippen LogP) is 1.93. The summed E-state index contributed by atoms with van der Waals surface area (Å²) in [4.78, 5) is 22.6. The SMILES string of the molecule is COC=C(Oc1cccc(C(C)=O)c1)C(=O)OC. The van der Waals surface area contributed by atoms with Crippen LogP contribution in [0.1, 0.15) is 17.3 Å². The van der Waals surface area contributed by atoms with E-state index in [1.165, 1.54) is 27.2 Å². The van der Waals surface area contributed by atoms with Gasteiger partial charge < -0.3 is 14.2 Å². The first-order valence-corrected chi connectivity index (χ1v) is 5.18. The molecule has 0 aliphatic carbocycles. The fourth-order valence-electron chi connectivity index (χ4n) is 1.23. The van der Waals surface area contributed by atoms with Gasteiger partial charge >= 0.3 is 5.97 Å². The van der Waals surface area contributed by atoms with Crippen LogP contribution in [0.5, 0.6) is 5.75 Å². The van der Waals surface area contributed by atoms with Crippen molar-refractivity contribution in [2.24, 2.45) is 0 Å². The molecule has 5 nitrogen and oxygen atoms in total. The summed E-state index contributed by atoms with van der Waals surface area (Å²) in [6, 6.07) is 6.48. The minimum absolute atomic E-state index is 0.0872. The molecule has 96 valence electrons. The molecule has 0 saturated heterocycles. The fraction of sp³-hybridized carbons (Fsp3) is 0.231. The lowest BCUT2D eigenvalue weighted by Crippen LogP contribution is -2.11. The smallest absolute Gasteiger partial charge is 0.377 e. The lowest BCUT2D eigenvalue weighted by Gasteiger charge is -2.08. The van der Waals surface area contributed by atoms with E-state index in [1.54, 1.807) is 18.2 Å². The first-order valence-electron chi connectivity index (χ1n) is 5.18. The molecular formula is C13H14O5. The van der Waals surface area contributed by atoms with Crippen LogP contribution in [-0.2, 0) is 14.3 Å². The Kier molecular flexibility index (Phi) is 4.92. The van der Waals surface area contributed by atoms with E-state index in [1.807, 2.05) is 0 Å². The van der Waals surface area contributed by atoms with E-state index in [4.69, 9.17) is 9.47 Å². The summed E-state index contributed by atoms with van der Waals surface area (Å²) < 4.78 is 14.6. The number of ketones is 1. The van der Waals surface area contributed by atoms with Gasteiger partial charge in [0.2, 0.25) is 5.76 Å². The van der Waals surface area contributed by atoms with Crippen molar-refractivity contribution in [3.8, 4) is 5.75 Å². The monoisotopic (exact) mass is 250 g/mol. The number of carbonyl (C=O) groups is 2. The maximum atomic E-state index is 11.4. The number of Topliss-reactive ketones (excluding diaryl/α,β-unsaturated/α-hetero) is 1. The molecule has 0 fully saturated rings. The van der Waals surface area contributed by atoms with Crippen molar-refractivity contribution in [3.63, 3.8) is 0 Å². The van der Waals surface area contributed by atoms with Crippen molar-refractivity contribution in [1.29, 1.82) is 0 Å². The highest BCUT2D eigenvalue weighted by Crippen LogP contribution is 2.17. The first-order chi connectivity index (χ1) is 8.58. The van der Waals surface area contributed by atoms with Gasteiger partial charge in [0, 0.05) is 5.56 Å². The van der Waals surface area contributed by atoms with Gasteiger partial charge in [0.1, 0.15) is 12.0 Å². The van der Waals surface area contributed by atoms with Gasteiger partial charge in [0.25, 0.3) is 0 Å².